The highest BCUT2D eigenvalue weighted by Crippen LogP contribution is 2.28. The first kappa shape index (κ1) is 27.4. The molecule has 1 aromatic rings. The van der Waals surface area contributed by atoms with Gasteiger partial charge >= 0.3 is 0 Å². The van der Waals surface area contributed by atoms with E-state index in [0.29, 0.717) is 0 Å². The van der Waals surface area contributed by atoms with Gasteiger partial charge in [0.2, 0.25) is 0 Å². The van der Waals surface area contributed by atoms with Gasteiger partial charge in [-0.15, -0.1) is 0 Å². The van der Waals surface area contributed by atoms with Crippen LogP contribution >= 0.6 is 0 Å². The molecule has 0 aromatic heterocycles. The van der Waals surface area contributed by atoms with E-state index in [1.54, 1.807) is 11.1 Å². The zero-order valence-corrected chi connectivity index (χ0v) is 19.8. The highest BCUT2D eigenvalue weighted by molar-refractivity contribution is 5.71. The molecule has 0 aliphatic carbocycles. The van der Waals surface area contributed by atoms with Crippen molar-refractivity contribution in [2.75, 3.05) is 0 Å². The lowest BCUT2D eigenvalue weighted by atomic mass is 9.92. The van der Waals surface area contributed by atoms with Crippen LogP contribution in [0.3, 0.4) is 0 Å². The second-order valence-electron chi connectivity index (χ2n) is 6.84. The fourth-order valence-electron chi connectivity index (χ4n) is 2.69. The molecule has 0 spiro atoms. The van der Waals surface area contributed by atoms with Crippen molar-refractivity contribution in [3.63, 3.8) is 0 Å². The van der Waals surface area contributed by atoms with Gasteiger partial charge in [0.1, 0.15) is 0 Å². The fourth-order valence-corrected chi connectivity index (χ4v) is 2.69. The monoisotopic (exact) mass is 368 g/mol. The van der Waals surface area contributed by atoms with E-state index in [1.165, 1.54) is 35.1 Å². The smallest absolute Gasteiger partial charge is 0.0193 e. The number of allylic oxidation sites excluding steroid dienone is 7. The molecule has 0 amide bonds. The lowest BCUT2D eigenvalue weighted by Crippen LogP contribution is -1.93. The number of hydrogen-bond donors (Lipinski definition) is 0. The zero-order valence-electron chi connectivity index (χ0n) is 19.8. The van der Waals surface area contributed by atoms with Crippen molar-refractivity contribution in [2.24, 2.45) is 0 Å². The maximum atomic E-state index is 3.81. The van der Waals surface area contributed by atoms with Crippen molar-refractivity contribution in [1.82, 2.24) is 0 Å². The van der Waals surface area contributed by atoms with E-state index < -0.39 is 0 Å². The van der Waals surface area contributed by atoms with Crippen LogP contribution in [0.4, 0.5) is 0 Å². The molecule has 152 valence electrons. The summed E-state index contributed by atoms with van der Waals surface area (Å²) in [6.07, 6.45) is 9.67. The fraction of sp³-hybridized carbons (Fsp3) is 0.481. The Balaban J connectivity index is 0. The van der Waals surface area contributed by atoms with E-state index in [1.807, 2.05) is 39.8 Å². The van der Waals surface area contributed by atoms with Gasteiger partial charge in [0.15, 0.2) is 0 Å². The summed E-state index contributed by atoms with van der Waals surface area (Å²) in [6, 6.07) is 6.76. The maximum Gasteiger partial charge on any atom is -0.0193 e. The van der Waals surface area contributed by atoms with E-state index in [2.05, 4.69) is 72.4 Å². The van der Waals surface area contributed by atoms with E-state index >= 15 is 0 Å². The molecule has 0 aliphatic heterocycles. The second kappa shape index (κ2) is 16.4. The predicted octanol–water partition coefficient (Wildman–Crippen LogP) is 9.40. The molecule has 27 heavy (non-hydrogen) atoms. The first-order valence-corrected chi connectivity index (χ1v) is 10.5. The number of rotatable bonds is 6. The number of hydrogen-bond acceptors (Lipinski definition) is 0. The van der Waals surface area contributed by atoms with Gasteiger partial charge in [0.05, 0.1) is 0 Å². The molecule has 1 aromatic carbocycles. The molecule has 1 rings (SSSR count). The van der Waals surface area contributed by atoms with Crippen LogP contribution in [0, 0.1) is 13.8 Å². The van der Waals surface area contributed by atoms with E-state index in [9.17, 15) is 0 Å². The molecule has 0 aliphatic rings. The average molecular weight is 369 g/mol. The Hall–Kier alpha value is -1.82. The molecule has 0 N–H and O–H groups in total. The Morgan fingerprint density at radius 2 is 1.63 bits per heavy atom. The molecular formula is C27H44. The lowest BCUT2D eigenvalue weighted by molar-refractivity contribution is 0.901. The van der Waals surface area contributed by atoms with Crippen molar-refractivity contribution in [3.8, 4) is 0 Å². The summed E-state index contributed by atoms with van der Waals surface area (Å²) in [5.74, 6) is 0. The van der Waals surface area contributed by atoms with Crippen molar-refractivity contribution in [2.45, 2.75) is 88.5 Å². The Kier molecular flexibility index (Phi) is 16.6. The number of benzene rings is 1. The van der Waals surface area contributed by atoms with Crippen molar-refractivity contribution >= 4 is 5.57 Å². The summed E-state index contributed by atoms with van der Waals surface area (Å²) in [6.45, 7) is 25.1. The van der Waals surface area contributed by atoms with Crippen LogP contribution in [-0.4, -0.2) is 0 Å². The average Bonchev–Trinajstić information content (AvgIpc) is 2.65. The van der Waals surface area contributed by atoms with Crippen LogP contribution in [-0.2, 0) is 0 Å². The molecule has 0 radical (unpaired) electrons. The molecule has 0 saturated carbocycles. The van der Waals surface area contributed by atoms with Crippen LogP contribution in [0.1, 0.15) is 91.3 Å². The number of aryl methyl sites for hydroxylation is 2. The highest BCUT2D eigenvalue weighted by Gasteiger charge is 2.06. The maximum absolute atomic E-state index is 3.81. The van der Waals surface area contributed by atoms with Gasteiger partial charge in [-0.05, 0) is 76.7 Å². The van der Waals surface area contributed by atoms with E-state index in [4.69, 9.17) is 0 Å². The molecule has 0 saturated heterocycles. The first-order valence-electron chi connectivity index (χ1n) is 10.5. The van der Waals surface area contributed by atoms with Gasteiger partial charge in [0.25, 0.3) is 0 Å². The molecule has 0 nitrogen and oxygen atoms in total. The van der Waals surface area contributed by atoms with Crippen LogP contribution in [0.5, 0.6) is 0 Å². The minimum Gasteiger partial charge on any atom is -0.0958 e. The minimum absolute atomic E-state index is 1.13. The largest absolute Gasteiger partial charge is 0.0958 e. The first-order chi connectivity index (χ1) is 12.8. The minimum atomic E-state index is 1.13. The van der Waals surface area contributed by atoms with E-state index in [0.717, 1.165) is 12.0 Å². The molecule has 0 fully saturated rings. The van der Waals surface area contributed by atoms with Gasteiger partial charge in [-0.25, -0.2) is 0 Å². The Morgan fingerprint density at radius 3 is 2.07 bits per heavy atom. The Bertz CT molecular complexity index is 636. The van der Waals surface area contributed by atoms with Gasteiger partial charge in [0, 0.05) is 0 Å². The summed E-state index contributed by atoms with van der Waals surface area (Å²) in [4.78, 5) is 0. The molecule has 0 bridgehead atoms. The van der Waals surface area contributed by atoms with Crippen LogP contribution < -0.4 is 0 Å². The van der Waals surface area contributed by atoms with Crippen LogP contribution in [0.2, 0.25) is 0 Å². The molecular weight excluding hydrogens is 324 g/mol. The van der Waals surface area contributed by atoms with Crippen molar-refractivity contribution in [1.29, 1.82) is 0 Å². The van der Waals surface area contributed by atoms with Gasteiger partial charge in [-0.3, -0.25) is 0 Å². The van der Waals surface area contributed by atoms with Gasteiger partial charge < -0.3 is 0 Å². The van der Waals surface area contributed by atoms with Crippen molar-refractivity contribution in [3.05, 3.63) is 76.4 Å². The standard InChI is InChI=1S/C16H24.C9H14.C2H6/c1-6-8-13(4)15(7-2)16-11-12(3)9-10-14(16)5;1-5-6-7-9(4)8(2)3;1-2/h9-11H,6-8H2,1-5H3;5-7H,2H2,1,3-4H3;1-2H3/b15-13+;6-5-,9-7+;. The summed E-state index contributed by atoms with van der Waals surface area (Å²) >= 11 is 0. The zero-order chi connectivity index (χ0) is 21.4. The molecule has 0 heteroatoms. The SMILES string of the molecule is C=C(C)/C(C)=C/C=C\C.CC.CCC/C(C)=C(\CC)c1cc(C)ccc1C. The summed E-state index contributed by atoms with van der Waals surface area (Å²) < 4.78 is 0. The highest BCUT2D eigenvalue weighted by atomic mass is 14.1. The lowest BCUT2D eigenvalue weighted by Gasteiger charge is -2.14. The topological polar surface area (TPSA) is 0 Å². The summed E-state index contributed by atoms with van der Waals surface area (Å²) in [7, 11) is 0. The predicted molar refractivity (Wildman–Crippen MR) is 128 cm³/mol. The van der Waals surface area contributed by atoms with Crippen LogP contribution in [0.25, 0.3) is 5.57 Å². The second-order valence-corrected chi connectivity index (χ2v) is 6.84. The normalized spacial score (nSPS) is 11.9. The van der Waals surface area contributed by atoms with E-state index in [-0.39, 0.29) is 0 Å². The molecule has 0 heterocycles. The molecule has 0 atom stereocenters. The third-order valence-corrected chi connectivity index (χ3v) is 4.42. The third-order valence-electron chi connectivity index (χ3n) is 4.42. The Morgan fingerprint density at radius 1 is 1.04 bits per heavy atom. The quantitative estimate of drug-likeness (QED) is 0.438. The Labute approximate surface area is 170 Å². The molecule has 0 unspecified atom stereocenters. The van der Waals surface area contributed by atoms with Crippen LogP contribution in [0.15, 0.2) is 59.7 Å². The summed E-state index contributed by atoms with van der Waals surface area (Å²) in [5.41, 5.74) is 9.69. The third kappa shape index (κ3) is 11.5. The summed E-state index contributed by atoms with van der Waals surface area (Å²) in [5, 5.41) is 0. The van der Waals surface area contributed by atoms with Gasteiger partial charge in [-0.2, -0.15) is 0 Å². The van der Waals surface area contributed by atoms with Gasteiger partial charge in [-0.1, -0.05) is 93.8 Å². The van der Waals surface area contributed by atoms with Crippen molar-refractivity contribution < 1.29 is 0 Å².